The normalized spacial score (nSPS) is 23.3. The van der Waals surface area contributed by atoms with Gasteiger partial charge in [-0.15, -0.1) is 0 Å². The lowest BCUT2D eigenvalue weighted by Gasteiger charge is -2.34. The summed E-state index contributed by atoms with van der Waals surface area (Å²) in [4.78, 5) is 16.2. The van der Waals surface area contributed by atoms with Gasteiger partial charge in [-0.05, 0) is 47.6 Å². The summed E-state index contributed by atoms with van der Waals surface area (Å²) >= 11 is 0. The first-order chi connectivity index (χ1) is 16.5. The lowest BCUT2D eigenvalue weighted by Crippen LogP contribution is -2.34. The zero-order valence-corrected chi connectivity index (χ0v) is 18.0. The monoisotopic (exact) mass is 498 g/mol. The van der Waals surface area contributed by atoms with Crippen molar-refractivity contribution in [2.24, 2.45) is 11.8 Å². The van der Waals surface area contributed by atoms with E-state index in [0.29, 0.717) is 30.5 Å². The van der Waals surface area contributed by atoms with E-state index in [1.807, 2.05) is 35.2 Å². The van der Waals surface area contributed by atoms with Crippen LogP contribution in [-0.4, -0.2) is 26.6 Å². The summed E-state index contributed by atoms with van der Waals surface area (Å²) in [5.74, 6) is 0.808. The lowest BCUT2D eigenvalue weighted by molar-refractivity contribution is -0.143. The van der Waals surface area contributed by atoms with E-state index < -0.39 is 42.0 Å². The van der Waals surface area contributed by atoms with E-state index in [1.165, 1.54) is 0 Å². The van der Waals surface area contributed by atoms with Crippen molar-refractivity contribution in [2.45, 2.75) is 37.7 Å². The highest BCUT2D eigenvalue weighted by Crippen LogP contribution is 2.58. The Morgan fingerprint density at radius 1 is 1.03 bits per heavy atom. The number of aromatic amines is 2. The molecule has 2 unspecified atom stereocenters. The van der Waals surface area contributed by atoms with Crippen molar-refractivity contribution in [2.75, 3.05) is 6.54 Å². The highest BCUT2D eigenvalue weighted by atomic mass is 19.4. The predicted molar refractivity (Wildman–Crippen MR) is 111 cm³/mol. The largest absolute Gasteiger partial charge is 0.416 e. The Morgan fingerprint density at radius 3 is 2.26 bits per heavy atom. The highest BCUT2D eigenvalue weighted by Gasteiger charge is 2.55. The molecule has 2 aromatic carbocycles. The van der Waals surface area contributed by atoms with Gasteiger partial charge in [-0.25, -0.2) is 9.89 Å². The summed E-state index contributed by atoms with van der Waals surface area (Å²) in [7, 11) is 0. The summed E-state index contributed by atoms with van der Waals surface area (Å²) in [5.41, 5.74) is -2.73. The van der Waals surface area contributed by atoms with Gasteiger partial charge in [0.25, 0.3) is 0 Å². The van der Waals surface area contributed by atoms with Crippen molar-refractivity contribution in [1.82, 2.24) is 20.1 Å². The van der Waals surface area contributed by atoms with Gasteiger partial charge >= 0.3 is 18.0 Å². The van der Waals surface area contributed by atoms with Gasteiger partial charge in [-0.1, -0.05) is 30.3 Å². The number of fused-ring (bicyclic) bond motifs is 1. The molecule has 1 saturated heterocycles. The van der Waals surface area contributed by atoms with Crippen LogP contribution < -0.4 is 5.69 Å². The zero-order chi connectivity index (χ0) is 25.0. The molecule has 2 aliphatic rings. The summed E-state index contributed by atoms with van der Waals surface area (Å²) in [6.45, 7) is 0.0279. The number of ether oxygens (including phenoxy) is 1. The third kappa shape index (κ3) is 4.85. The molecule has 1 aliphatic heterocycles. The van der Waals surface area contributed by atoms with Gasteiger partial charge in [0.2, 0.25) is 0 Å². The summed E-state index contributed by atoms with van der Waals surface area (Å²) in [6.07, 6.45) is -9.91. The van der Waals surface area contributed by atoms with Crippen LogP contribution in [0, 0.1) is 11.8 Å². The van der Waals surface area contributed by atoms with E-state index in [9.17, 15) is 31.1 Å². The maximum Gasteiger partial charge on any atom is 0.416 e. The summed E-state index contributed by atoms with van der Waals surface area (Å²) in [5, 5.41) is 6.18. The van der Waals surface area contributed by atoms with Crippen LogP contribution in [0.25, 0.3) is 0 Å². The average Bonchev–Trinajstić information content (AvgIpc) is 3.25. The molecule has 3 aromatic rings. The number of hydrogen-bond acceptors (Lipinski definition) is 4. The molecule has 0 spiro atoms. The van der Waals surface area contributed by atoms with E-state index in [4.69, 9.17) is 4.74 Å². The van der Waals surface area contributed by atoms with Gasteiger partial charge in [0.05, 0.1) is 17.7 Å². The standard InChI is InChI=1S/C23H20F6N4O2/c24-22(25,26)15-6-12(7-16(9-15)23(27,28)29)11-35-20(19-30-21(34)32-31-19)33-10-14-8-17(14)18(33)13-4-2-1-3-5-13/h1-7,9,14,17-18,20H,8,10-11H2,(H2,30,31,32,34)/t14?,17?,18-,20-/m1/s1. The number of piperidine rings is 1. The van der Waals surface area contributed by atoms with Crippen LogP contribution in [0.5, 0.6) is 0 Å². The second-order valence-corrected chi connectivity index (χ2v) is 8.85. The van der Waals surface area contributed by atoms with Crippen molar-refractivity contribution in [3.63, 3.8) is 0 Å². The SMILES string of the molecule is O=c1[nH]nc([C@@H](OCc2cc(C(F)(F)F)cc(C(F)(F)F)c2)N2CC3CC3[C@H]2c2ccccc2)[nH]1. The Labute approximate surface area is 194 Å². The van der Waals surface area contributed by atoms with Gasteiger partial charge in [0, 0.05) is 12.6 Å². The maximum absolute atomic E-state index is 13.3. The van der Waals surface area contributed by atoms with E-state index in [2.05, 4.69) is 15.2 Å². The van der Waals surface area contributed by atoms with E-state index in [-0.39, 0.29) is 23.5 Å². The van der Waals surface area contributed by atoms with Crippen LogP contribution in [-0.2, 0) is 23.7 Å². The fourth-order valence-electron chi connectivity index (χ4n) is 4.84. The van der Waals surface area contributed by atoms with Crippen LogP contribution in [0.3, 0.4) is 0 Å². The molecule has 2 fully saturated rings. The number of likely N-dealkylation sites (tertiary alicyclic amines) is 1. The molecular weight excluding hydrogens is 478 g/mol. The molecule has 1 aromatic heterocycles. The van der Waals surface area contributed by atoms with Crippen LogP contribution in [0.4, 0.5) is 26.3 Å². The zero-order valence-electron chi connectivity index (χ0n) is 18.0. The molecule has 4 atom stereocenters. The molecule has 0 bridgehead atoms. The number of rotatable bonds is 6. The Morgan fingerprint density at radius 2 is 1.69 bits per heavy atom. The molecule has 2 heterocycles. The van der Waals surface area contributed by atoms with Gasteiger partial charge < -0.3 is 4.74 Å². The minimum absolute atomic E-state index is 0.0750. The number of nitrogens with zero attached hydrogens (tertiary/aromatic N) is 2. The molecular formula is C23H20F6N4O2. The maximum atomic E-state index is 13.3. The Bertz CT molecular complexity index is 1220. The topological polar surface area (TPSA) is 74.0 Å². The molecule has 0 radical (unpaired) electrons. The Balaban J connectivity index is 1.47. The third-order valence-corrected chi connectivity index (χ3v) is 6.44. The molecule has 186 valence electrons. The number of H-pyrrole nitrogens is 2. The third-order valence-electron chi connectivity index (χ3n) is 6.44. The van der Waals surface area contributed by atoms with Crippen LogP contribution in [0.15, 0.2) is 53.3 Å². The van der Waals surface area contributed by atoms with Crippen LogP contribution >= 0.6 is 0 Å². The molecule has 2 N–H and O–H groups in total. The number of alkyl halides is 6. The predicted octanol–water partition coefficient (Wildman–Crippen LogP) is 5.04. The highest BCUT2D eigenvalue weighted by molar-refractivity contribution is 5.33. The van der Waals surface area contributed by atoms with Gasteiger partial charge in [-0.3, -0.25) is 9.88 Å². The Hall–Kier alpha value is -3.12. The minimum Gasteiger partial charge on any atom is -0.351 e. The number of hydrogen-bond donors (Lipinski definition) is 2. The fourth-order valence-corrected chi connectivity index (χ4v) is 4.84. The first kappa shape index (κ1) is 23.6. The minimum atomic E-state index is -4.96. The number of nitrogens with one attached hydrogen (secondary N) is 2. The number of benzene rings is 2. The van der Waals surface area contributed by atoms with Crippen LogP contribution in [0.1, 0.15) is 46.8 Å². The van der Waals surface area contributed by atoms with Crippen molar-refractivity contribution in [3.05, 3.63) is 87.1 Å². The summed E-state index contributed by atoms with van der Waals surface area (Å²) < 4.78 is 85.5. The molecule has 35 heavy (non-hydrogen) atoms. The summed E-state index contributed by atoms with van der Waals surface area (Å²) in [6, 6.07) is 10.8. The lowest BCUT2D eigenvalue weighted by atomic mass is 10.0. The quantitative estimate of drug-likeness (QED) is 0.467. The van der Waals surface area contributed by atoms with E-state index in [0.717, 1.165) is 12.0 Å². The Kier molecular flexibility index (Phi) is 5.75. The molecule has 5 rings (SSSR count). The van der Waals surface area contributed by atoms with E-state index in [1.54, 1.807) is 0 Å². The number of halogens is 6. The first-order valence-corrected chi connectivity index (χ1v) is 10.9. The fraction of sp³-hybridized carbons (Fsp3) is 0.391. The second-order valence-electron chi connectivity index (χ2n) is 8.85. The van der Waals surface area contributed by atoms with Crippen molar-refractivity contribution >= 4 is 0 Å². The smallest absolute Gasteiger partial charge is 0.351 e. The average molecular weight is 498 g/mol. The van der Waals surface area contributed by atoms with Crippen LogP contribution in [0.2, 0.25) is 0 Å². The van der Waals surface area contributed by atoms with Crippen molar-refractivity contribution in [1.29, 1.82) is 0 Å². The number of aromatic nitrogens is 3. The molecule has 1 saturated carbocycles. The first-order valence-electron chi connectivity index (χ1n) is 10.9. The molecule has 0 amide bonds. The molecule has 12 heteroatoms. The van der Waals surface area contributed by atoms with Gasteiger partial charge in [-0.2, -0.15) is 31.4 Å². The molecule has 1 aliphatic carbocycles. The van der Waals surface area contributed by atoms with Gasteiger partial charge in [0.15, 0.2) is 12.1 Å². The van der Waals surface area contributed by atoms with Crippen molar-refractivity contribution in [3.8, 4) is 0 Å². The van der Waals surface area contributed by atoms with E-state index >= 15 is 0 Å². The molecule has 6 nitrogen and oxygen atoms in total. The second kappa shape index (κ2) is 8.52. The van der Waals surface area contributed by atoms with Gasteiger partial charge in [0.1, 0.15) is 0 Å². The van der Waals surface area contributed by atoms with Crippen molar-refractivity contribution < 1.29 is 31.1 Å².